The third kappa shape index (κ3) is 4.28. The predicted molar refractivity (Wildman–Crippen MR) is 68.6 cm³/mol. The summed E-state index contributed by atoms with van der Waals surface area (Å²) in [5.74, 6) is 0.772. The van der Waals surface area contributed by atoms with E-state index in [2.05, 4.69) is 10.6 Å². The van der Waals surface area contributed by atoms with Crippen molar-refractivity contribution in [2.75, 3.05) is 13.1 Å². The molecule has 1 unspecified atom stereocenters. The molecule has 0 radical (unpaired) electrons. The van der Waals surface area contributed by atoms with Gasteiger partial charge in [0.25, 0.3) is 0 Å². The van der Waals surface area contributed by atoms with E-state index < -0.39 is 0 Å². The summed E-state index contributed by atoms with van der Waals surface area (Å²) in [6.07, 6.45) is 7.29. The zero-order valence-electron chi connectivity index (χ0n) is 10.6. The van der Waals surface area contributed by atoms with Crippen LogP contribution < -0.4 is 16.4 Å². The Balaban J connectivity index is 1.66. The van der Waals surface area contributed by atoms with Crippen LogP contribution in [0, 0.1) is 5.92 Å². The van der Waals surface area contributed by atoms with Gasteiger partial charge in [-0.2, -0.15) is 0 Å². The highest BCUT2D eigenvalue weighted by Crippen LogP contribution is 2.18. The highest BCUT2D eigenvalue weighted by molar-refractivity contribution is 5.76. The number of hydrogen-bond donors (Lipinski definition) is 3. The van der Waals surface area contributed by atoms with Crippen molar-refractivity contribution in [3.63, 3.8) is 0 Å². The second kappa shape index (κ2) is 6.36. The molecule has 0 spiro atoms. The maximum atomic E-state index is 11.9. The van der Waals surface area contributed by atoms with Crippen LogP contribution in [0.1, 0.15) is 44.9 Å². The molecule has 0 aromatic rings. The summed E-state index contributed by atoms with van der Waals surface area (Å²) in [6, 6.07) is 0.726. The molecule has 1 atom stereocenters. The van der Waals surface area contributed by atoms with Crippen molar-refractivity contribution in [2.24, 2.45) is 11.7 Å². The first-order valence-corrected chi connectivity index (χ1v) is 6.99. The maximum absolute atomic E-state index is 11.9. The molecule has 2 aliphatic rings. The first kappa shape index (κ1) is 12.8. The third-order valence-electron chi connectivity index (χ3n) is 4.01. The topological polar surface area (TPSA) is 67.1 Å². The van der Waals surface area contributed by atoms with E-state index in [1.54, 1.807) is 0 Å². The summed E-state index contributed by atoms with van der Waals surface area (Å²) < 4.78 is 0. The van der Waals surface area contributed by atoms with E-state index in [1.807, 2.05) is 0 Å². The number of nitrogens with one attached hydrogen (secondary N) is 2. The molecule has 98 valence electrons. The highest BCUT2D eigenvalue weighted by Gasteiger charge is 2.22. The van der Waals surface area contributed by atoms with Crippen molar-refractivity contribution >= 4 is 5.91 Å². The van der Waals surface area contributed by atoms with Gasteiger partial charge in [0.05, 0.1) is 0 Å². The van der Waals surface area contributed by atoms with Crippen LogP contribution in [-0.4, -0.2) is 31.1 Å². The first-order valence-electron chi connectivity index (χ1n) is 6.99. The van der Waals surface area contributed by atoms with Crippen molar-refractivity contribution in [1.29, 1.82) is 0 Å². The molecular weight excluding hydrogens is 214 g/mol. The average Bonchev–Trinajstić information content (AvgIpc) is 2.33. The zero-order valence-corrected chi connectivity index (χ0v) is 10.6. The largest absolute Gasteiger partial charge is 0.353 e. The second-order valence-corrected chi connectivity index (χ2v) is 5.60. The van der Waals surface area contributed by atoms with E-state index in [1.165, 1.54) is 12.8 Å². The fourth-order valence-electron chi connectivity index (χ4n) is 2.91. The van der Waals surface area contributed by atoms with Gasteiger partial charge < -0.3 is 16.4 Å². The van der Waals surface area contributed by atoms with E-state index in [4.69, 9.17) is 5.73 Å². The van der Waals surface area contributed by atoms with Crippen molar-refractivity contribution in [1.82, 2.24) is 10.6 Å². The van der Waals surface area contributed by atoms with Crippen molar-refractivity contribution < 1.29 is 4.79 Å². The summed E-state index contributed by atoms with van der Waals surface area (Å²) in [6.45, 7) is 2.11. The lowest BCUT2D eigenvalue weighted by molar-refractivity contribution is -0.123. The number of carbonyl (C=O) groups is 1. The van der Waals surface area contributed by atoms with Crippen LogP contribution in [0.5, 0.6) is 0 Å². The molecule has 4 N–H and O–H groups in total. The summed E-state index contributed by atoms with van der Waals surface area (Å²) in [5.41, 5.74) is 5.86. The van der Waals surface area contributed by atoms with Crippen LogP contribution in [0.3, 0.4) is 0 Å². The number of amides is 1. The second-order valence-electron chi connectivity index (χ2n) is 5.60. The minimum atomic E-state index is 0.235. The fourth-order valence-corrected chi connectivity index (χ4v) is 2.91. The molecule has 0 aromatic heterocycles. The number of piperidine rings is 1. The molecule has 0 bridgehead atoms. The summed E-state index contributed by atoms with van der Waals surface area (Å²) in [7, 11) is 0. The maximum Gasteiger partial charge on any atom is 0.220 e. The summed E-state index contributed by atoms with van der Waals surface area (Å²) in [5, 5.41) is 6.52. The minimum absolute atomic E-state index is 0.235. The molecule has 1 amide bonds. The molecule has 0 aromatic carbocycles. The van der Waals surface area contributed by atoms with Crippen molar-refractivity contribution in [3.05, 3.63) is 0 Å². The van der Waals surface area contributed by atoms with Gasteiger partial charge in [0.1, 0.15) is 0 Å². The lowest BCUT2D eigenvalue weighted by atomic mass is 9.91. The zero-order chi connectivity index (χ0) is 12.1. The van der Waals surface area contributed by atoms with Crippen LogP contribution in [0.25, 0.3) is 0 Å². The Kier molecular flexibility index (Phi) is 4.80. The molecule has 2 rings (SSSR count). The minimum Gasteiger partial charge on any atom is -0.353 e. The normalized spacial score (nSPS) is 34.3. The van der Waals surface area contributed by atoms with Crippen LogP contribution >= 0.6 is 0 Å². The van der Waals surface area contributed by atoms with Gasteiger partial charge in [-0.05, 0) is 57.5 Å². The van der Waals surface area contributed by atoms with Gasteiger partial charge in [0.2, 0.25) is 5.91 Å². The van der Waals surface area contributed by atoms with E-state index in [0.29, 0.717) is 24.4 Å². The molecule has 17 heavy (non-hydrogen) atoms. The molecule has 2 fully saturated rings. The lowest BCUT2D eigenvalue weighted by Crippen LogP contribution is -2.42. The van der Waals surface area contributed by atoms with Crippen LogP contribution in [0.4, 0.5) is 0 Å². The fraction of sp³-hybridized carbons (Fsp3) is 0.923. The predicted octanol–water partition coefficient (Wildman–Crippen LogP) is 0.762. The van der Waals surface area contributed by atoms with E-state index in [-0.39, 0.29) is 5.91 Å². The van der Waals surface area contributed by atoms with Gasteiger partial charge in [-0.15, -0.1) is 0 Å². The number of carbonyl (C=O) groups excluding carboxylic acids is 1. The van der Waals surface area contributed by atoms with Gasteiger partial charge >= 0.3 is 0 Å². The molecule has 1 heterocycles. The average molecular weight is 239 g/mol. The first-order chi connectivity index (χ1) is 8.24. The smallest absolute Gasteiger partial charge is 0.220 e. The molecule has 1 saturated carbocycles. The van der Waals surface area contributed by atoms with Gasteiger partial charge in [0, 0.05) is 18.5 Å². The third-order valence-corrected chi connectivity index (χ3v) is 4.01. The van der Waals surface area contributed by atoms with Gasteiger partial charge in [-0.1, -0.05) is 0 Å². The Labute approximate surface area is 104 Å². The Bertz CT molecular complexity index is 243. The Morgan fingerprint density at radius 2 is 2.00 bits per heavy atom. The highest BCUT2D eigenvalue weighted by atomic mass is 16.1. The Hall–Kier alpha value is -0.610. The van der Waals surface area contributed by atoms with Crippen LogP contribution in [-0.2, 0) is 4.79 Å². The number of rotatable bonds is 3. The standard InChI is InChI=1S/C13H25N3O/c14-11-3-5-12(6-4-11)16-13(17)8-10-2-1-7-15-9-10/h10-12,15H,1-9,14H2,(H,16,17). The van der Waals surface area contributed by atoms with Crippen LogP contribution in [0.2, 0.25) is 0 Å². The van der Waals surface area contributed by atoms with E-state index in [9.17, 15) is 4.79 Å². The van der Waals surface area contributed by atoms with Gasteiger partial charge in [-0.3, -0.25) is 4.79 Å². The molecular formula is C13H25N3O. The molecule has 4 heteroatoms. The molecule has 1 aliphatic heterocycles. The van der Waals surface area contributed by atoms with Crippen LogP contribution in [0.15, 0.2) is 0 Å². The molecule has 1 saturated heterocycles. The number of nitrogens with two attached hydrogens (primary N) is 1. The van der Waals surface area contributed by atoms with Crippen molar-refractivity contribution in [2.45, 2.75) is 57.0 Å². The van der Waals surface area contributed by atoms with Crippen molar-refractivity contribution in [3.8, 4) is 0 Å². The Morgan fingerprint density at radius 1 is 1.24 bits per heavy atom. The lowest BCUT2D eigenvalue weighted by Gasteiger charge is -2.28. The Morgan fingerprint density at radius 3 is 2.65 bits per heavy atom. The SMILES string of the molecule is NC1CCC(NC(=O)CC2CCCNC2)CC1. The quantitative estimate of drug-likeness (QED) is 0.681. The number of hydrogen-bond acceptors (Lipinski definition) is 3. The van der Waals surface area contributed by atoms with Gasteiger partial charge in [0.15, 0.2) is 0 Å². The summed E-state index contributed by atoms with van der Waals surface area (Å²) in [4.78, 5) is 11.9. The van der Waals surface area contributed by atoms with E-state index in [0.717, 1.165) is 38.8 Å². The van der Waals surface area contributed by atoms with E-state index >= 15 is 0 Å². The molecule has 4 nitrogen and oxygen atoms in total. The monoisotopic (exact) mass is 239 g/mol. The van der Waals surface area contributed by atoms with Gasteiger partial charge in [-0.25, -0.2) is 0 Å². The molecule has 1 aliphatic carbocycles. The summed E-state index contributed by atoms with van der Waals surface area (Å²) >= 11 is 0.